The van der Waals surface area contributed by atoms with Crippen LogP contribution in [0.5, 0.6) is 0 Å². The van der Waals surface area contributed by atoms with E-state index in [1.807, 2.05) is 36.4 Å². The average Bonchev–Trinajstić information content (AvgIpc) is 2.62. The van der Waals surface area contributed by atoms with Crippen LogP contribution in [0.25, 0.3) is 5.57 Å². The molecule has 0 fully saturated rings. The first-order valence-electron chi connectivity index (χ1n) is 8.53. The molecule has 2 atom stereocenters. The zero-order chi connectivity index (χ0) is 18.7. The molecule has 1 N–H and O–H groups in total. The second kappa shape index (κ2) is 7.70. The molecular formula is C20H22FNO3S. The predicted octanol–water partition coefficient (Wildman–Crippen LogP) is 3.62. The Labute approximate surface area is 153 Å². The number of rotatable bonds is 5. The summed E-state index contributed by atoms with van der Waals surface area (Å²) in [5.41, 5.74) is 2.76. The van der Waals surface area contributed by atoms with E-state index in [1.54, 1.807) is 12.1 Å². The fourth-order valence-corrected chi connectivity index (χ4v) is 4.03. The quantitative estimate of drug-likeness (QED) is 0.811. The van der Waals surface area contributed by atoms with Crippen LogP contribution >= 0.6 is 0 Å². The van der Waals surface area contributed by atoms with Gasteiger partial charge in [-0.1, -0.05) is 48.5 Å². The van der Waals surface area contributed by atoms with Gasteiger partial charge in [0.2, 0.25) is 0 Å². The number of hydrogen-bond acceptors (Lipinski definition) is 3. The maximum Gasteiger partial charge on any atom is 0.268 e. The van der Waals surface area contributed by atoms with Crippen molar-refractivity contribution in [1.29, 1.82) is 0 Å². The minimum absolute atomic E-state index is 0.338. The van der Waals surface area contributed by atoms with E-state index in [1.165, 1.54) is 19.1 Å². The summed E-state index contributed by atoms with van der Waals surface area (Å²) < 4.78 is 46.4. The van der Waals surface area contributed by atoms with E-state index < -0.39 is 21.3 Å². The summed E-state index contributed by atoms with van der Waals surface area (Å²) in [7, 11) is -4.19. The second-order valence-corrected chi connectivity index (χ2v) is 8.45. The molecule has 138 valence electrons. The van der Waals surface area contributed by atoms with Gasteiger partial charge < -0.3 is 0 Å². The van der Waals surface area contributed by atoms with E-state index in [0.29, 0.717) is 19.6 Å². The number of halogens is 1. The van der Waals surface area contributed by atoms with Crippen LogP contribution in [0, 0.1) is 11.7 Å². The van der Waals surface area contributed by atoms with Crippen molar-refractivity contribution in [3.8, 4) is 0 Å². The third-order valence-corrected chi connectivity index (χ3v) is 6.15. The molecule has 0 amide bonds. The van der Waals surface area contributed by atoms with Crippen molar-refractivity contribution in [2.75, 3.05) is 13.1 Å². The molecule has 1 aliphatic rings. The zero-order valence-corrected chi connectivity index (χ0v) is 15.4. The Kier molecular flexibility index (Phi) is 5.55. The molecule has 6 heteroatoms. The Morgan fingerprint density at radius 2 is 1.81 bits per heavy atom. The third-order valence-electron chi connectivity index (χ3n) is 4.89. The summed E-state index contributed by atoms with van der Waals surface area (Å²) in [5, 5.41) is -0.947. The van der Waals surface area contributed by atoms with Crippen molar-refractivity contribution >= 4 is 15.7 Å². The van der Waals surface area contributed by atoms with Gasteiger partial charge in [0.05, 0.1) is 5.25 Å². The highest BCUT2D eigenvalue weighted by Gasteiger charge is 2.34. The van der Waals surface area contributed by atoms with Crippen LogP contribution in [-0.2, 0) is 16.7 Å². The Balaban J connectivity index is 1.90. The third kappa shape index (κ3) is 4.38. The average molecular weight is 375 g/mol. The first-order valence-corrected chi connectivity index (χ1v) is 10.0. The van der Waals surface area contributed by atoms with Gasteiger partial charge in [-0.3, -0.25) is 9.45 Å². The predicted molar refractivity (Wildman–Crippen MR) is 101 cm³/mol. The summed E-state index contributed by atoms with van der Waals surface area (Å²) >= 11 is 0. The lowest BCUT2D eigenvalue weighted by molar-refractivity contribution is 0.252. The van der Waals surface area contributed by atoms with Gasteiger partial charge in [-0.15, -0.1) is 0 Å². The normalized spacial score (nSPS) is 19.8. The largest absolute Gasteiger partial charge is 0.295 e. The molecule has 0 aliphatic carbocycles. The molecule has 0 bridgehead atoms. The van der Waals surface area contributed by atoms with Crippen molar-refractivity contribution in [3.63, 3.8) is 0 Å². The standard InChI is InChI=1S/C20H22FNO3S/c1-15(26(23,24)25)20-14-22(13-16-5-3-2-4-6-16)12-11-19(20)17-7-9-18(21)10-8-17/h2-11,15,20H,12-14H2,1H3,(H,23,24,25). The number of nitrogens with zero attached hydrogens (tertiary/aromatic N) is 1. The fraction of sp³-hybridized carbons (Fsp3) is 0.300. The summed E-state index contributed by atoms with van der Waals surface area (Å²) in [6.07, 6.45) is 1.98. The van der Waals surface area contributed by atoms with E-state index in [4.69, 9.17) is 0 Å². The van der Waals surface area contributed by atoms with Gasteiger partial charge in [-0.25, -0.2) is 4.39 Å². The monoisotopic (exact) mass is 375 g/mol. The van der Waals surface area contributed by atoms with Crippen molar-refractivity contribution in [1.82, 2.24) is 4.90 Å². The molecule has 0 aromatic heterocycles. The van der Waals surface area contributed by atoms with E-state index in [9.17, 15) is 17.4 Å². The van der Waals surface area contributed by atoms with Crippen LogP contribution in [0.3, 0.4) is 0 Å². The van der Waals surface area contributed by atoms with E-state index in [0.717, 1.165) is 16.7 Å². The number of benzene rings is 2. The lowest BCUT2D eigenvalue weighted by Crippen LogP contribution is -2.41. The smallest absolute Gasteiger partial charge is 0.268 e. The SMILES string of the molecule is CC(C1CN(Cc2ccccc2)CC=C1c1ccc(F)cc1)S(=O)(=O)O. The minimum atomic E-state index is -4.19. The molecule has 4 nitrogen and oxygen atoms in total. The molecule has 0 saturated carbocycles. The van der Waals surface area contributed by atoms with Gasteiger partial charge in [0.1, 0.15) is 5.82 Å². The van der Waals surface area contributed by atoms with Crippen molar-refractivity contribution in [2.24, 2.45) is 5.92 Å². The van der Waals surface area contributed by atoms with Gasteiger partial charge >= 0.3 is 0 Å². The van der Waals surface area contributed by atoms with Crippen molar-refractivity contribution < 1.29 is 17.4 Å². The van der Waals surface area contributed by atoms with E-state index in [-0.39, 0.29) is 5.82 Å². The maximum atomic E-state index is 13.2. The summed E-state index contributed by atoms with van der Waals surface area (Å²) in [6, 6.07) is 16.0. The highest BCUT2D eigenvalue weighted by atomic mass is 32.2. The first kappa shape index (κ1) is 18.8. The van der Waals surface area contributed by atoms with Crippen LogP contribution < -0.4 is 0 Å². The molecular weight excluding hydrogens is 353 g/mol. The summed E-state index contributed by atoms with van der Waals surface area (Å²) in [4.78, 5) is 2.15. The fourth-order valence-electron chi connectivity index (χ4n) is 3.38. The Morgan fingerprint density at radius 3 is 2.42 bits per heavy atom. The zero-order valence-electron chi connectivity index (χ0n) is 14.5. The molecule has 2 unspecified atom stereocenters. The highest BCUT2D eigenvalue weighted by Crippen LogP contribution is 2.33. The topological polar surface area (TPSA) is 57.6 Å². The number of hydrogen-bond donors (Lipinski definition) is 1. The minimum Gasteiger partial charge on any atom is -0.295 e. The summed E-state index contributed by atoms with van der Waals surface area (Å²) in [5.74, 6) is -0.733. The van der Waals surface area contributed by atoms with Crippen molar-refractivity contribution in [3.05, 3.63) is 77.6 Å². The molecule has 1 heterocycles. The van der Waals surface area contributed by atoms with E-state index in [2.05, 4.69) is 4.90 Å². The lowest BCUT2D eigenvalue weighted by Gasteiger charge is -2.35. The Bertz CT molecular complexity index is 879. The van der Waals surface area contributed by atoms with Crippen molar-refractivity contribution in [2.45, 2.75) is 18.7 Å². The first-order chi connectivity index (χ1) is 12.3. The van der Waals surface area contributed by atoms with Crippen LogP contribution in [0.2, 0.25) is 0 Å². The highest BCUT2D eigenvalue weighted by molar-refractivity contribution is 7.86. The van der Waals surface area contributed by atoms with Gasteiger partial charge in [0.25, 0.3) is 10.1 Å². The molecule has 26 heavy (non-hydrogen) atoms. The second-order valence-electron chi connectivity index (χ2n) is 6.67. The Hall–Kier alpha value is -2.02. The molecule has 0 radical (unpaired) electrons. The molecule has 0 saturated heterocycles. The van der Waals surface area contributed by atoms with Crippen LogP contribution in [0.4, 0.5) is 4.39 Å². The van der Waals surface area contributed by atoms with E-state index >= 15 is 0 Å². The summed E-state index contributed by atoms with van der Waals surface area (Å²) in [6.45, 7) is 3.38. The lowest BCUT2D eigenvalue weighted by atomic mass is 9.86. The molecule has 0 spiro atoms. The Morgan fingerprint density at radius 1 is 1.15 bits per heavy atom. The van der Waals surface area contributed by atoms with Crippen LogP contribution in [0.15, 0.2) is 60.7 Å². The van der Waals surface area contributed by atoms with Gasteiger partial charge in [0, 0.05) is 25.6 Å². The van der Waals surface area contributed by atoms with Crippen LogP contribution in [0.1, 0.15) is 18.1 Å². The molecule has 2 aromatic rings. The van der Waals surface area contributed by atoms with Gasteiger partial charge in [-0.05, 0) is 35.8 Å². The maximum absolute atomic E-state index is 13.2. The molecule has 2 aromatic carbocycles. The van der Waals surface area contributed by atoms with Gasteiger partial charge in [0.15, 0.2) is 0 Å². The van der Waals surface area contributed by atoms with Gasteiger partial charge in [-0.2, -0.15) is 8.42 Å². The molecule has 3 rings (SSSR count). The molecule has 1 aliphatic heterocycles. The van der Waals surface area contributed by atoms with Crippen LogP contribution in [-0.4, -0.2) is 36.2 Å².